The Kier molecular flexibility index (Phi) is 6.78. The monoisotopic (exact) mass is 406 g/mol. The Labute approximate surface area is 173 Å². The van der Waals surface area contributed by atoms with Gasteiger partial charge in [0.25, 0.3) is 0 Å². The van der Waals surface area contributed by atoms with E-state index in [1.807, 2.05) is 30.3 Å². The first-order valence-electron chi connectivity index (χ1n) is 9.30. The van der Waals surface area contributed by atoms with Crippen LogP contribution in [0.1, 0.15) is 22.8 Å². The van der Waals surface area contributed by atoms with Gasteiger partial charge in [0.2, 0.25) is 5.91 Å². The van der Waals surface area contributed by atoms with E-state index in [9.17, 15) is 9.59 Å². The predicted molar refractivity (Wildman–Crippen MR) is 114 cm³/mol. The number of nitrogens with two attached hydrogens (primary N) is 1. The van der Waals surface area contributed by atoms with Crippen molar-refractivity contribution in [3.63, 3.8) is 0 Å². The van der Waals surface area contributed by atoms with Crippen molar-refractivity contribution in [3.8, 4) is 0 Å². The van der Waals surface area contributed by atoms with Gasteiger partial charge >= 0.3 is 5.97 Å². The van der Waals surface area contributed by atoms with Crippen molar-refractivity contribution >= 4 is 34.9 Å². The number of nitrogens with zero attached hydrogens (tertiary/aromatic N) is 2. The van der Waals surface area contributed by atoms with Crippen LogP contribution in [0.5, 0.6) is 0 Å². The molecule has 0 aliphatic rings. The summed E-state index contributed by atoms with van der Waals surface area (Å²) in [6.45, 7) is 2.06. The molecule has 3 aromatic rings. The van der Waals surface area contributed by atoms with Crippen molar-refractivity contribution in [1.29, 1.82) is 0 Å². The zero-order valence-corrected chi connectivity index (χ0v) is 16.4. The van der Waals surface area contributed by atoms with E-state index in [4.69, 9.17) is 10.5 Å². The third-order valence-corrected chi connectivity index (χ3v) is 4.07. The van der Waals surface area contributed by atoms with Crippen LogP contribution in [0.25, 0.3) is 0 Å². The highest BCUT2D eigenvalue weighted by atomic mass is 16.5. The fourth-order valence-electron chi connectivity index (χ4n) is 2.59. The number of carbonyl (C=O) groups excluding carboxylic acids is 2. The molecule has 5 N–H and O–H groups in total. The van der Waals surface area contributed by atoms with Gasteiger partial charge < -0.3 is 15.8 Å². The minimum Gasteiger partial charge on any atom is -0.462 e. The second kappa shape index (κ2) is 9.87. The number of nitrogens with one attached hydrogen (secondary N) is 3. The summed E-state index contributed by atoms with van der Waals surface area (Å²) in [6.07, 6.45) is 1.54. The highest BCUT2D eigenvalue weighted by Gasteiger charge is 2.11. The van der Waals surface area contributed by atoms with Gasteiger partial charge in [-0.05, 0) is 36.8 Å². The zero-order chi connectivity index (χ0) is 21.3. The largest absolute Gasteiger partial charge is 0.462 e. The molecule has 0 atom stereocenters. The molecule has 0 radical (unpaired) electrons. The standard InChI is InChI=1S/C21H22N6O3/c1-2-30-21(29)15-8-10-16(11-9-15)25-19-18(22)20(24-13-23-19)27-26-17(28)12-14-6-4-3-5-7-14/h3-11,13H,2,12,22H2,1H3,(H,26,28)(H2,23,24,25,27). The molecule has 154 valence electrons. The number of esters is 1. The summed E-state index contributed by atoms with van der Waals surface area (Å²) in [5.41, 5.74) is 13.6. The number of anilines is 4. The van der Waals surface area contributed by atoms with Crippen LogP contribution in [0.2, 0.25) is 0 Å². The molecule has 30 heavy (non-hydrogen) atoms. The molecule has 3 rings (SSSR count). The van der Waals surface area contributed by atoms with Crippen LogP contribution >= 0.6 is 0 Å². The smallest absolute Gasteiger partial charge is 0.338 e. The van der Waals surface area contributed by atoms with E-state index in [0.29, 0.717) is 23.7 Å². The van der Waals surface area contributed by atoms with Gasteiger partial charge in [0, 0.05) is 5.69 Å². The number of ether oxygens (including phenoxy) is 1. The lowest BCUT2D eigenvalue weighted by molar-refractivity contribution is -0.119. The topological polar surface area (TPSA) is 131 Å². The van der Waals surface area contributed by atoms with Gasteiger partial charge in [0.15, 0.2) is 11.6 Å². The molecule has 9 heteroatoms. The van der Waals surface area contributed by atoms with Crippen molar-refractivity contribution < 1.29 is 14.3 Å². The highest BCUT2D eigenvalue weighted by molar-refractivity contribution is 5.90. The van der Waals surface area contributed by atoms with Crippen LogP contribution in [-0.4, -0.2) is 28.5 Å². The maximum absolute atomic E-state index is 12.1. The Hall–Kier alpha value is -4.14. The van der Waals surface area contributed by atoms with E-state index in [-0.39, 0.29) is 29.8 Å². The molecular weight excluding hydrogens is 384 g/mol. The molecule has 0 fully saturated rings. The Balaban J connectivity index is 1.62. The fourth-order valence-corrected chi connectivity index (χ4v) is 2.59. The number of carbonyl (C=O) groups is 2. The molecule has 1 heterocycles. The van der Waals surface area contributed by atoms with Crippen molar-refractivity contribution in [2.45, 2.75) is 13.3 Å². The van der Waals surface area contributed by atoms with Crippen molar-refractivity contribution in [1.82, 2.24) is 15.4 Å². The van der Waals surface area contributed by atoms with E-state index in [1.165, 1.54) is 6.33 Å². The highest BCUT2D eigenvalue weighted by Crippen LogP contribution is 2.25. The van der Waals surface area contributed by atoms with Gasteiger partial charge in [-0.3, -0.25) is 15.6 Å². The minimum atomic E-state index is -0.386. The van der Waals surface area contributed by atoms with Crippen LogP contribution in [0.15, 0.2) is 60.9 Å². The summed E-state index contributed by atoms with van der Waals surface area (Å²) in [7, 11) is 0. The maximum atomic E-state index is 12.1. The number of aromatic nitrogens is 2. The number of hydrogen-bond donors (Lipinski definition) is 4. The molecule has 0 saturated carbocycles. The van der Waals surface area contributed by atoms with Gasteiger partial charge in [-0.1, -0.05) is 30.3 Å². The minimum absolute atomic E-state index is 0.219. The van der Waals surface area contributed by atoms with Crippen molar-refractivity contribution in [2.24, 2.45) is 0 Å². The second-order valence-electron chi connectivity index (χ2n) is 6.24. The summed E-state index contributed by atoms with van der Waals surface area (Å²) in [6, 6.07) is 16.1. The van der Waals surface area contributed by atoms with Gasteiger partial charge in [0.05, 0.1) is 18.6 Å². The fraction of sp³-hybridized carbons (Fsp3) is 0.143. The summed E-state index contributed by atoms with van der Waals surface area (Å²) in [5, 5.41) is 3.06. The number of nitrogen functional groups attached to an aromatic ring is 1. The van der Waals surface area contributed by atoms with E-state index in [0.717, 1.165) is 5.56 Å². The molecule has 0 saturated heterocycles. The maximum Gasteiger partial charge on any atom is 0.338 e. The molecule has 0 aliphatic carbocycles. The molecule has 9 nitrogen and oxygen atoms in total. The Morgan fingerprint density at radius 3 is 2.40 bits per heavy atom. The van der Waals surface area contributed by atoms with Crippen molar-refractivity contribution in [3.05, 3.63) is 72.1 Å². The predicted octanol–water partition coefficient (Wildman–Crippen LogP) is 2.66. The number of benzene rings is 2. The van der Waals surface area contributed by atoms with E-state index in [1.54, 1.807) is 31.2 Å². The average molecular weight is 406 g/mol. The van der Waals surface area contributed by atoms with Gasteiger partial charge in [-0.25, -0.2) is 14.8 Å². The quantitative estimate of drug-likeness (QED) is 0.332. The van der Waals surface area contributed by atoms with E-state index < -0.39 is 0 Å². The van der Waals surface area contributed by atoms with Gasteiger partial charge in [0.1, 0.15) is 12.0 Å². The Morgan fingerprint density at radius 1 is 1.00 bits per heavy atom. The lowest BCUT2D eigenvalue weighted by Gasteiger charge is -2.13. The third kappa shape index (κ3) is 5.44. The van der Waals surface area contributed by atoms with Crippen LogP contribution < -0.4 is 21.9 Å². The van der Waals surface area contributed by atoms with Crippen LogP contribution in [0.3, 0.4) is 0 Å². The first-order valence-corrected chi connectivity index (χ1v) is 9.30. The number of rotatable bonds is 8. The lowest BCUT2D eigenvalue weighted by Crippen LogP contribution is -2.31. The first-order chi connectivity index (χ1) is 14.6. The average Bonchev–Trinajstić information content (AvgIpc) is 2.76. The van der Waals surface area contributed by atoms with Crippen molar-refractivity contribution in [2.75, 3.05) is 23.1 Å². The Bertz CT molecular complexity index is 1010. The summed E-state index contributed by atoms with van der Waals surface area (Å²) in [5.74, 6) is -0.00245. The molecule has 1 amide bonds. The molecule has 0 bridgehead atoms. The second-order valence-corrected chi connectivity index (χ2v) is 6.24. The third-order valence-electron chi connectivity index (χ3n) is 4.07. The molecule has 0 aliphatic heterocycles. The van der Waals surface area contributed by atoms with E-state index in [2.05, 4.69) is 26.1 Å². The Morgan fingerprint density at radius 2 is 1.70 bits per heavy atom. The van der Waals surface area contributed by atoms with Gasteiger partial charge in [-0.2, -0.15) is 0 Å². The van der Waals surface area contributed by atoms with Crippen LogP contribution in [-0.2, 0) is 16.0 Å². The lowest BCUT2D eigenvalue weighted by atomic mass is 10.1. The molecular formula is C21H22N6O3. The molecule has 0 unspecified atom stereocenters. The van der Waals surface area contributed by atoms with E-state index >= 15 is 0 Å². The number of hydrogen-bond acceptors (Lipinski definition) is 8. The summed E-state index contributed by atoms with van der Waals surface area (Å²) < 4.78 is 4.96. The van der Waals surface area contributed by atoms with Gasteiger partial charge in [-0.15, -0.1) is 0 Å². The molecule has 2 aromatic carbocycles. The van der Waals surface area contributed by atoms with Crippen LogP contribution in [0.4, 0.5) is 23.0 Å². The summed E-state index contributed by atoms with van der Waals surface area (Å²) >= 11 is 0. The normalized spacial score (nSPS) is 10.2. The number of amides is 1. The first kappa shape index (κ1) is 20.6. The molecule has 1 aromatic heterocycles. The summed E-state index contributed by atoms with van der Waals surface area (Å²) in [4.78, 5) is 32.0. The number of hydrazine groups is 1. The molecule has 0 spiro atoms. The zero-order valence-electron chi connectivity index (χ0n) is 16.4. The van der Waals surface area contributed by atoms with Crippen LogP contribution in [0, 0.1) is 0 Å². The SMILES string of the molecule is CCOC(=O)c1ccc(Nc2ncnc(NNC(=O)Cc3ccccc3)c2N)cc1.